The van der Waals surface area contributed by atoms with E-state index in [1.807, 2.05) is 29.2 Å². The summed E-state index contributed by atoms with van der Waals surface area (Å²) in [5.41, 5.74) is 4.22. The second-order valence-corrected chi connectivity index (χ2v) is 9.01. The first-order valence-electron chi connectivity index (χ1n) is 11.7. The van der Waals surface area contributed by atoms with Crippen LogP contribution in [-0.2, 0) is 29.0 Å². The average Bonchev–Trinajstić information content (AvgIpc) is 3.46. The molecule has 2 aromatic carbocycles. The molecule has 0 radical (unpaired) electrons. The van der Waals surface area contributed by atoms with Gasteiger partial charge < -0.3 is 14.6 Å². The van der Waals surface area contributed by atoms with Crippen molar-refractivity contribution >= 4 is 17.5 Å². The number of benzene rings is 2. The van der Waals surface area contributed by atoms with E-state index in [-0.39, 0.29) is 11.8 Å². The summed E-state index contributed by atoms with van der Waals surface area (Å²) < 4.78 is 5.85. The topological polar surface area (TPSA) is 75.4 Å². The summed E-state index contributed by atoms with van der Waals surface area (Å²) in [6.07, 6.45) is 5.07. The first-order chi connectivity index (χ1) is 16.0. The second-order valence-electron chi connectivity index (χ2n) is 9.01. The van der Waals surface area contributed by atoms with Crippen LogP contribution in [0.4, 0.5) is 5.69 Å². The van der Waals surface area contributed by atoms with Crippen LogP contribution >= 0.6 is 0 Å². The molecule has 0 spiro atoms. The Bertz CT molecular complexity index is 1080. The molecule has 1 aromatic heterocycles. The number of anilines is 1. The van der Waals surface area contributed by atoms with Gasteiger partial charge in [-0.05, 0) is 42.0 Å². The van der Waals surface area contributed by atoms with Gasteiger partial charge in [-0.1, -0.05) is 50.2 Å². The fourth-order valence-corrected chi connectivity index (χ4v) is 4.06. The maximum absolute atomic E-state index is 12.3. The predicted octanol–water partition coefficient (Wildman–Crippen LogP) is 4.92. The standard InChI is InChI=1S/C27H31N3O3/c1-19(2)16-20-5-9-22(10-6-20)24-18-29-26(33-24)14-13-25(31)28-17-21-7-11-23(12-8-21)30-15-3-4-27(30)32/h5-12,18-19H,3-4,13-17H2,1-2H3,(H,28,31). The third-order valence-electron chi connectivity index (χ3n) is 5.81. The van der Waals surface area contributed by atoms with Crippen molar-refractivity contribution in [3.8, 4) is 11.3 Å². The fraction of sp³-hybridized carbons (Fsp3) is 0.370. The van der Waals surface area contributed by atoms with Crippen LogP contribution in [0.25, 0.3) is 11.3 Å². The Balaban J connectivity index is 1.23. The fourth-order valence-electron chi connectivity index (χ4n) is 4.06. The van der Waals surface area contributed by atoms with Crippen LogP contribution in [0.3, 0.4) is 0 Å². The number of carbonyl (C=O) groups excluding carboxylic acids is 2. The molecule has 2 amide bonds. The van der Waals surface area contributed by atoms with Gasteiger partial charge in [0, 0.05) is 43.6 Å². The second kappa shape index (κ2) is 10.5. The summed E-state index contributed by atoms with van der Waals surface area (Å²) in [6.45, 7) is 5.65. The van der Waals surface area contributed by atoms with Gasteiger partial charge in [-0.2, -0.15) is 0 Å². The molecule has 0 saturated carbocycles. The van der Waals surface area contributed by atoms with E-state index in [9.17, 15) is 9.59 Å². The smallest absolute Gasteiger partial charge is 0.227 e. The highest BCUT2D eigenvalue weighted by molar-refractivity contribution is 5.95. The van der Waals surface area contributed by atoms with E-state index in [1.165, 1.54) is 5.56 Å². The highest BCUT2D eigenvalue weighted by Gasteiger charge is 2.21. The highest BCUT2D eigenvalue weighted by atomic mass is 16.4. The molecule has 2 heterocycles. The molecule has 6 heteroatoms. The van der Waals surface area contributed by atoms with E-state index < -0.39 is 0 Å². The van der Waals surface area contributed by atoms with Gasteiger partial charge in [-0.3, -0.25) is 9.59 Å². The van der Waals surface area contributed by atoms with Crippen LogP contribution < -0.4 is 10.2 Å². The Labute approximate surface area is 195 Å². The predicted molar refractivity (Wildman–Crippen MR) is 129 cm³/mol. The number of carbonyl (C=O) groups is 2. The van der Waals surface area contributed by atoms with Crippen LogP contribution in [0, 0.1) is 5.92 Å². The summed E-state index contributed by atoms with van der Waals surface area (Å²) in [4.78, 5) is 30.3. The minimum Gasteiger partial charge on any atom is -0.441 e. The molecule has 0 bridgehead atoms. The first kappa shape index (κ1) is 22.8. The van der Waals surface area contributed by atoms with E-state index in [1.54, 1.807) is 6.20 Å². The van der Waals surface area contributed by atoms with Crippen molar-refractivity contribution in [1.82, 2.24) is 10.3 Å². The molecule has 1 N–H and O–H groups in total. The maximum Gasteiger partial charge on any atom is 0.227 e. The van der Waals surface area contributed by atoms with Gasteiger partial charge in [0.25, 0.3) is 0 Å². The number of aryl methyl sites for hydroxylation is 1. The molecule has 1 fully saturated rings. The minimum absolute atomic E-state index is 0.0495. The van der Waals surface area contributed by atoms with Gasteiger partial charge in [-0.15, -0.1) is 0 Å². The van der Waals surface area contributed by atoms with Gasteiger partial charge in [-0.25, -0.2) is 4.98 Å². The van der Waals surface area contributed by atoms with Gasteiger partial charge in [0.15, 0.2) is 11.7 Å². The van der Waals surface area contributed by atoms with Crippen LogP contribution in [-0.4, -0.2) is 23.3 Å². The summed E-state index contributed by atoms with van der Waals surface area (Å²) in [5, 5.41) is 2.94. The zero-order valence-electron chi connectivity index (χ0n) is 19.3. The summed E-state index contributed by atoms with van der Waals surface area (Å²) in [7, 11) is 0. The molecule has 0 aliphatic carbocycles. The molecule has 33 heavy (non-hydrogen) atoms. The van der Waals surface area contributed by atoms with Crippen molar-refractivity contribution < 1.29 is 14.0 Å². The third-order valence-corrected chi connectivity index (χ3v) is 5.81. The lowest BCUT2D eigenvalue weighted by atomic mass is 10.0. The quantitative estimate of drug-likeness (QED) is 0.507. The number of nitrogens with zero attached hydrogens (tertiary/aromatic N) is 2. The minimum atomic E-state index is -0.0495. The Morgan fingerprint density at radius 1 is 1.09 bits per heavy atom. The zero-order valence-corrected chi connectivity index (χ0v) is 19.3. The Morgan fingerprint density at radius 3 is 2.48 bits per heavy atom. The van der Waals surface area contributed by atoms with Crippen molar-refractivity contribution in [1.29, 1.82) is 0 Å². The molecule has 6 nitrogen and oxygen atoms in total. The van der Waals surface area contributed by atoms with Gasteiger partial charge in [0.05, 0.1) is 6.20 Å². The summed E-state index contributed by atoms with van der Waals surface area (Å²) in [5.74, 6) is 2.03. The number of rotatable bonds is 9. The van der Waals surface area contributed by atoms with E-state index in [0.29, 0.717) is 37.6 Å². The van der Waals surface area contributed by atoms with Crippen LogP contribution in [0.5, 0.6) is 0 Å². The molecule has 172 valence electrons. The lowest BCUT2D eigenvalue weighted by Gasteiger charge is -2.16. The Hall–Kier alpha value is -3.41. The summed E-state index contributed by atoms with van der Waals surface area (Å²) in [6, 6.07) is 16.1. The molecule has 1 aliphatic rings. The maximum atomic E-state index is 12.3. The SMILES string of the molecule is CC(C)Cc1ccc(-c2cnc(CCC(=O)NCc3ccc(N4CCCC4=O)cc3)o2)cc1. The number of nitrogens with one attached hydrogen (secondary N) is 1. The van der Waals surface area contributed by atoms with Crippen molar-refractivity contribution in [2.24, 2.45) is 5.92 Å². The van der Waals surface area contributed by atoms with Crippen molar-refractivity contribution in [3.63, 3.8) is 0 Å². The lowest BCUT2D eigenvalue weighted by molar-refractivity contribution is -0.121. The largest absolute Gasteiger partial charge is 0.441 e. The van der Waals surface area contributed by atoms with Crippen LogP contribution in [0.2, 0.25) is 0 Å². The van der Waals surface area contributed by atoms with E-state index in [2.05, 4.69) is 48.4 Å². The molecule has 0 unspecified atom stereocenters. The number of oxazole rings is 1. The van der Waals surface area contributed by atoms with E-state index in [0.717, 1.165) is 42.0 Å². The van der Waals surface area contributed by atoms with Gasteiger partial charge in [0.1, 0.15) is 0 Å². The lowest BCUT2D eigenvalue weighted by Crippen LogP contribution is -2.24. The number of hydrogen-bond acceptors (Lipinski definition) is 4. The molecule has 3 aromatic rings. The zero-order chi connectivity index (χ0) is 23.2. The molecule has 1 aliphatic heterocycles. The molecule has 1 saturated heterocycles. The number of aromatic nitrogens is 1. The molecule has 4 rings (SSSR count). The molecule has 0 atom stereocenters. The van der Waals surface area contributed by atoms with E-state index >= 15 is 0 Å². The van der Waals surface area contributed by atoms with Gasteiger partial charge in [0.2, 0.25) is 11.8 Å². The molecular formula is C27H31N3O3. The van der Waals surface area contributed by atoms with Crippen molar-refractivity contribution in [2.45, 2.75) is 52.5 Å². The monoisotopic (exact) mass is 445 g/mol. The van der Waals surface area contributed by atoms with Crippen LogP contribution in [0.15, 0.2) is 59.1 Å². The first-order valence-corrected chi connectivity index (χ1v) is 11.7. The van der Waals surface area contributed by atoms with Crippen LogP contribution in [0.1, 0.15) is 50.1 Å². The van der Waals surface area contributed by atoms with Gasteiger partial charge >= 0.3 is 0 Å². The van der Waals surface area contributed by atoms with E-state index in [4.69, 9.17) is 4.42 Å². The Kier molecular flexibility index (Phi) is 7.23. The molecular weight excluding hydrogens is 414 g/mol. The number of hydrogen-bond donors (Lipinski definition) is 1. The summed E-state index contributed by atoms with van der Waals surface area (Å²) >= 11 is 0. The highest BCUT2D eigenvalue weighted by Crippen LogP contribution is 2.23. The average molecular weight is 446 g/mol. The third kappa shape index (κ3) is 6.09. The Morgan fingerprint density at radius 2 is 1.82 bits per heavy atom. The van der Waals surface area contributed by atoms with Crippen molar-refractivity contribution in [3.05, 3.63) is 71.7 Å². The van der Waals surface area contributed by atoms with Crippen molar-refractivity contribution in [2.75, 3.05) is 11.4 Å². The number of amides is 2. The normalized spacial score (nSPS) is 13.7.